The molecule has 6 heteroatoms. The van der Waals surface area contributed by atoms with Crippen LogP contribution < -0.4 is 5.32 Å². The molecule has 0 spiro atoms. The van der Waals surface area contributed by atoms with Crippen molar-refractivity contribution in [3.05, 3.63) is 41.2 Å². The van der Waals surface area contributed by atoms with Gasteiger partial charge in [0.2, 0.25) is 0 Å². The predicted molar refractivity (Wildman–Crippen MR) is 65.0 cm³/mol. The lowest BCUT2D eigenvalue weighted by atomic mass is 10.3. The van der Waals surface area contributed by atoms with Crippen LogP contribution in [0.15, 0.2) is 24.8 Å². The Hall–Kier alpha value is -1.75. The van der Waals surface area contributed by atoms with Crippen LogP contribution in [-0.4, -0.2) is 27.0 Å². The van der Waals surface area contributed by atoms with Crippen molar-refractivity contribution >= 4 is 17.5 Å². The normalized spacial score (nSPS) is 10.5. The van der Waals surface area contributed by atoms with Crippen molar-refractivity contribution < 1.29 is 4.79 Å². The van der Waals surface area contributed by atoms with Gasteiger partial charge in [-0.15, -0.1) is 0 Å². The van der Waals surface area contributed by atoms with Gasteiger partial charge in [-0.25, -0.2) is 4.98 Å². The van der Waals surface area contributed by atoms with E-state index in [0.717, 1.165) is 12.1 Å². The number of imidazole rings is 1. The fourth-order valence-electron chi connectivity index (χ4n) is 1.57. The molecule has 5 nitrogen and oxygen atoms in total. The second-order valence-corrected chi connectivity index (χ2v) is 4.17. The van der Waals surface area contributed by atoms with Crippen LogP contribution in [0.2, 0.25) is 5.02 Å². The summed E-state index contributed by atoms with van der Waals surface area (Å²) in [5.41, 5.74) is 1.55. The van der Waals surface area contributed by atoms with Gasteiger partial charge in [0, 0.05) is 38.1 Å². The van der Waals surface area contributed by atoms with Gasteiger partial charge in [-0.1, -0.05) is 11.6 Å². The van der Waals surface area contributed by atoms with Gasteiger partial charge >= 0.3 is 0 Å². The summed E-state index contributed by atoms with van der Waals surface area (Å²) in [5, 5.41) is 3.39. The first-order chi connectivity index (χ1) is 8.16. The minimum absolute atomic E-state index is 0.126. The van der Waals surface area contributed by atoms with Crippen LogP contribution in [0.3, 0.4) is 0 Å². The third kappa shape index (κ3) is 2.88. The molecule has 1 amide bonds. The van der Waals surface area contributed by atoms with Gasteiger partial charge in [0.15, 0.2) is 0 Å². The summed E-state index contributed by atoms with van der Waals surface area (Å²) in [6, 6.07) is 1.65. The van der Waals surface area contributed by atoms with Crippen LogP contribution in [0.5, 0.6) is 0 Å². The van der Waals surface area contributed by atoms with Crippen LogP contribution in [0.25, 0.3) is 0 Å². The second-order valence-electron chi connectivity index (χ2n) is 3.74. The van der Waals surface area contributed by atoms with Gasteiger partial charge < -0.3 is 14.9 Å². The number of rotatable bonds is 4. The molecule has 0 aliphatic rings. The maximum absolute atomic E-state index is 11.8. The Morgan fingerprint density at radius 3 is 3.06 bits per heavy atom. The summed E-state index contributed by atoms with van der Waals surface area (Å²) < 4.78 is 1.70. The standard InChI is InChI=1S/C11H13ClN4O/c1-16-6-8(12)4-10(16)11(17)14-3-2-9-5-13-7-15-9/h4-7H,2-3H2,1H3,(H,13,15)(H,14,17). The second kappa shape index (κ2) is 5.05. The zero-order chi connectivity index (χ0) is 12.3. The van der Waals surface area contributed by atoms with Gasteiger partial charge in [0.1, 0.15) is 5.69 Å². The number of aromatic nitrogens is 3. The molecule has 90 valence electrons. The molecule has 17 heavy (non-hydrogen) atoms. The van der Waals surface area contributed by atoms with Crippen molar-refractivity contribution in [1.82, 2.24) is 19.9 Å². The largest absolute Gasteiger partial charge is 0.350 e. The lowest BCUT2D eigenvalue weighted by molar-refractivity contribution is 0.0946. The molecule has 0 bridgehead atoms. The molecule has 0 aliphatic carbocycles. The third-order valence-electron chi connectivity index (χ3n) is 2.44. The van der Waals surface area contributed by atoms with E-state index in [1.54, 1.807) is 36.4 Å². The van der Waals surface area contributed by atoms with Crippen molar-refractivity contribution in [2.45, 2.75) is 6.42 Å². The molecule has 0 aromatic carbocycles. The number of amides is 1. The average Bonchev–Trinajstić information content (AvgIpc) is 2.88. The molecule has 0 radical (unpaired) electrons. The van der Waals surface area contributed by atoms with Gasteiger partial charge in [-0.2, -0.15) is 0 Å². The van der Waals surface area contributed by atoms with Crippen molar-refractivity contribution in [2.75, 3.05) is 6.54 Å². The van der Waals surface area contributed by atoms with Gasteiger partial charge in [0.25, 0.3) is 5.91 Å². The van der Waals surface area contributed by atoms with Crippen molar-refractivity contribution in [1.29, 1.82) is 0 Å². The van der Waals surface area contributed by atoms with Gasteiger partial charge in [-0.3, -0.25) is 4.79 Å². The highest BCUT2D eigenvalue weighted by Gasteiger charge is 2.10. The van der Waals surface area contributed by atoms with Crippen LogP contribution in [-0.2, 0) is 13.5 Å². The molecular weight excluding hydrogens is 240 g/mol. The highest BCUT2D eigenvalue weighted by Crippen LogP contribution is 2.12. The molecule has 0 saturated heterocycles. The van der Waals surface area contributed by atoms with Gasteiger partial charge in [0.05, 0.1) is 11.3 Å². The molecule has 2 aromatic heterocycles. The van der Waals surface area contributed by atoms with E-state index >= 15 is 0 Å². The molecular formula is C11H13ClN4O. The van der Waals surface area contributed by atoms with E-state index in [9.17, 15) is 4.79 Å². The Balaban J connectivity index is 1.87. The molecule has 2 rings (SSSR count). The lowest BCUT2D eigenvalue weighted by Gasteiger charge is -2.04. The number of hydrogen-bond acceptors (Lipinski definition) is 2. The highest BCUT2D eigenvalue weighted by molar-refractivity contribution is 6.31. The topological polar surface area (TPSA) is 62.7 Å². The van der Waals surface area contributed by atoms with E-state index in [-0.39, 0.29) is 5.91 Å². The van der Waals surface area contributed by atoms with Crippen molar-refractivity contribution in [3.8, 4) is 0 Å². The third-order valence-corrected chi connectivity index (χ3v) is 2.65. The number of nitrogens with zero attached hydrogens (tertiary/aromatic N) is 2. The number of carbonyl (C=O) groups excluding carboxylic acids is 1. The first kappa shape index (κ1) is 11.7. The van der Waals surface area contributed by atoms with Crippen molar-refractivity contribution in [3.63, 3.8) is 0 Å². The van der Waals surface area contributed by atoms with Crippen LogP contribution >= 0.6 is 11.6 Å². The van der Waals surface area contributed by atoms with Crippen molar-refractivity contribution in [2.24, 2.45) is 7.05 Å². The minimum atomic E-state index is -0.126. The fourth-order valence-corrected chi connectivity index (χ4v) is 1.82. The monoisotopic (exact) mass is 252 g/mol. The lowest BCUT2D eigenvalue weighted by Crippen LogP contribution is -2.27. The SMILES string of the molecule is Cn1cc(Cl)cc1C(=O)NCCc1cnc[nH]1. The maximum Gasteiger partial charge on any atom is 0.267 e. The molecule has 0 atom stereocenters. The summed E-state index contributed by atoms with van der Waals surface area (Å²) in [6.07, 6.45) is 5.79. The summed E-state index contributed by atoms with van der Waals surface area (Å²) >= 11 is 5.81. The summed E-state index contributed by atoms with van der Waals surface area (Å²) in [7, 11) is 1.79. The van der Waals surface area contributed by atoms with E-state index in [2.05, 4.69) is 15.3 Å². The van der Waals surface area contributed by atoms with Gasteiger partial charge in [-0.05, 0) is 6.07 Å². The minimum Gasteiger partial charge on any atom is -0.350 e. The number of H-pyrrole nitrogens is 1. The smallest absolute Gasteiger partial charge is 0.267 e. The van der Waals surface area contributed by atoms with E-state index in [0.29, 0.717) is 17.3 Å². The first-order valence-corrected chi connectivity index (χ1v) is 5.62. The predicted octanol–water partition coefficient (Wildman–Crippen LogP) is 1.37. The zero-order valence-corrected chi connectivity index (χ0v) is 10.2. The quantitative estimate of drug-likeness (QED) is 0.863. The number of aryl methyl sites for hydroxylation is 1. The Kier molecular flexibility index (Phi) is 3.49. The average molecular weight is 253 g/mol. The highest BCUT2D eigenvalue weighted by atomic mass is 35.5. The summed E-state index contributed by atoms with van der Waals surface area (Å²) in [4.78, 5) is 18.7. The Morgan fingerprint density at radius 1 is 1.65 bits per heavy atom. The summed E-state index contributed by atoms with van der Waals surface area (Å²) in [5.74, 6) is -0.126. The molecule has 0 aliphatic heterocycles. The Bertz CT molecular complexity index is 504. The van der Waals surface area contributed by atoms with E-state index in [4.69, 9.17) is 11.6 Å². The molecule has 0 fully saturated rings. The Morgan fingerprint density at radius 2 is 2.47 bits per heavy atom. The van der Waals surface area contributed by atoms with E-state index in [1.165, 1.54) is 0 Å². The van der Waals surface area contributed by atoms with E-state index < -0.39 is 0 Å². The van der Waals surface area contributed by atoms with Crippen LogP contribution in [0.4, 0.5) is 0 Å². The first-order valence-electron chi connectivity index (χ1n) is 5.24. The molecule has 2 heterocycles. The molecule has 0 saturated carbocycles. The number of carbonyl (C=O) groups is 1. The van der Waals surface area contributed by atoms with Crippen LogP contribution in [0, 0.1) is 0 Å². The molecule has 2 aromatic rings. The number of hydrogen-bond donors (Lipinski definition) is 2. The molecule has 0 unspecified atom stereocenters. The fraction of sp³-hybridized carbons (Fsp3) is 0.273. The number of nitrogens with one attached hydrogen (secondary N) is 2. The van der Waals surface area contributed by atoms with E-state index in [1.807, 2.05) is 0 Å². The maximum atomic E-state index is 11.8. The van der Waals surface area contributed by atoms with Crippen LogP contribution in [0.1, 0.15) is 16.2 Å². The Labute approximate surface area is 104 Å². The number of aromatic amines is 1. The zero-order valence-electron chi connectivity index (χ0n) is 9.40. The number of halogens is 1. The summed E-state index contributed by atoms with van der Waals surface area (Å²) in [6.45, 7) is 0.559. The molecule has 2 N–H and O–H groups in total.